The van der Waals surface area contributed by atoms with Gasteiger partial charge in [-0.1, -0.05) is 12.1 Å². The first-order valence-electron chi connectivity index (χ1n) is 7.42. The molecular weight excluding hydrogens is 228 g/mol. The summed E-state index contributed by atoms with van der Waals surface area (Å²) in [6, 6.07) is 7.26. The number of rotatable bonds is 4. The Morgan fingerprint density at radius 2 is 2.22 bits per heavy atom. The van der Waals surface area contributed by atoms with Crippen LogP contribution in [-0.4, -0.2) is 43.5 Å². The zero-order valence-electron chi connectivity index (χ0n) is 14.3. The molecular formula is C14H22N2O2. The highest BCUT2D eigenvalue weighted by Gasteiger charge is 2.12. The average Bonchev–Trinajstić information content (AvgIpc) is 2.37. The lowest BCUT2D eigenvalue weighted by molar-refractivity contribution is 0.165. The number of amides is 1. The summed E-state index contributed by atoms with van der Waals surface area (Å²) in [6.07, 6.45) is -0.868. The Labute approximate surface area is 113 Å². The summed E-state index contributed by atoms with van der Waals surface area (Å²) in [5, 5.41) is 0. The van der Waals surface area contributed by atoms with Crippen LogP contribution >= 0.6 is 0 Å². The van der Waals surface area contributed by atoms with E-state index in [9.17, 15) is 4.79 Å². The molecule has 4 nitrogen and oxygen atoms in total. The number of benzene rings is 1. The number of ether oxygens (including phenoxy) is 1. The second kappa shape index (κ2) is 6.40. The SMILES string of the molecule is [2H]C([2H])([2H])N(CC)C(=O)Oc1cccc([C@H](C)N(C)C)c1. The predicted molar refractivity (Wildman–Crippen MR) is 72.9 cm³/mol. The summed E-state index contributed by atoms with van der Waals surface area (Å²) in [6.45, 7) is 1.18. The van der Waals surface area contributed by atoms with E-state index >= 15 is 0 Å². The zero-order chi connectivity index (χ0) is 16.2. The van der Waals surface area contributed by atoms with Gasteiger partial charge in [0.05, 0.1) is 0 Å². The molecule has 0 aromatic heterocycles. The van der Waals surface area contributed by atoms with E-state index in [1.165, 1.54) is 0 Å². The minimum atomic E-state index is -2.50. The molecule has 0 bridgehead atoms. The molecule has 1 atom stereocenters. The van der Waals surface area contributed by atoms with E-state index in [-0.39, 0.29) is 12.6 Å². The first-order valence-corrected chi connectivity index (χ1v) is 5.92. The topological polar surface area (TPSA) is 32.8 Å². The van der Waals surface area contributed by atoms with Crippen LogP contribution in [0.1, 0.15) is 29.6 Å². The maximum atomic E-state index is 11.9. The van der Waals surface area contributed by atoms with Crippen molar-refractivity contribution in [2.75, 3.05) is 27.6 Å². The number of hydrogen-bond acceptors (Lipinski definition) is 3. The average molecular weight is 253 g/mol. The Morgan fingerprint density at radius 1 is 1.50 bits per heavy atom. The van der Waals surface area contributed by atoms with Crippen molar-refractivity contribution in [1.29, 1.82) is 0 Å². The molecule has 0 aliphatic heterocycles. The zero-order valence-corrected chi connectivity index (χ0v) is 11.3. The van der Waals surface area contributed by atoms with Crippen LogP contribution in [0.5, 0.6) is 5.75 Å². The summed E-state index contributed by atoms with van der Waals surface area (Å²) in [5.74, 6) is 0.342. The van der Waals surface area contributed by atoms with Gasteiger partial charge in [-0.2, -0.15) is 0 Å². The Hall–Kier alpha value is -1.55. The van der Waals surface area contributed by atoms with Crippen molar-refractivity contribution < 1.29 is 13.6 Å². The normalized spacial score (nSPS) is 15.5. The van der Waals surface area contributed by atoms with Crippen LogP contribution in [-0.2, 0) is 0 Å². The largest absolute Gasteiger partial charge is 0.414 e. The number of carbonyl (C=O) groups is 1. The molecule has 0 saturated carbocycles. The van der Waals surface area contributed by atoms with E-state index in [4.69, 9.17) is 8.85 Å². The van der Waals surface area contributed by atoms with Gasteiger partial charge in [0.15, 0.2) is 0 Å². The lowest BCUT2D eigenvalue weighted by Gasteiger charge is -2.21. The third-order valence-electron chi connectivity index (χ3n) is 2.86. The molecule has 4 heteroatoms. The fraction of sp³-hybridized carbons (Fsp3) is 0.500. The van der Waals surface area contributed by atoms with E-state index in [2.05, 4.69) is 0 Å². The summed E-state index contributed by atoms with van der Waals surface area (Å²) in [7, 11) is 3.91. The molecule has 0 spiro atoms. The van der Waals surface area contributed by atoms with Gasteiger partial charge in [0, 0.05) is 23.7 Å². The second-order valence-corrected chi connectivity index (χ2v) is 4.32. The fourth-order valence-corrected chi connectivity index (χ4v) is 1.42. The Bertz CT molecular complexity index is 489. The standard InChI is InChI=1S/C14H22N2O2/c1-6-16(5)14(17)18-13-9-7-8-12(10-13)11(2)15(3)4/h7-11H,6H2,1-5H3/t11-/m0/s1/i5D3. The van der Waals surface area contributed by atoms with Crippen molar-refractivity contribution in [2.24, 2.45) is 0 Å². The van der Waals surface area contributed by atoms with Gasteiger partial charge in [0.2, 0.25) is 0 Å². The molecule has 1 aromatic carbocycles. The first-order chi connectivity index (χ1) is 9.66. The van der Waals surface area contributed by atoms with Crippen LogP contribution in [0.4, 0.5) is 4.79 Å². The molecule has 1 rings (SSSR count). The molecule has 18 heavy (non-hydrogen) atoms. The third kappa shape index (κ3) is 3.74. The molecule has 0 aliphatic rings. The second-order valence-electron chi connectivity index (χ2n) is 4.32. The number of nitrogens with zero attached hydrogens (tertiary/aromatic N) is 2. The van der Waals surface area contributed by atoms with Crippen molar-refractivity contribution >= 4 is 6.09 Å². The summed E-state index contributed by atoms with van der Waals surface area (Å²) < 4.78 is 27.1. The fourth-order valence-electron chi connectivity index (χ4n) is 1.42. The van der Waals surface area contributed by atoms with Crippen LogP contribution in [0, 0.1) is 0 Å². The molecule has 1 aromatic rings. The molecule has 100 valence electrons. The molecule has 0 aliphatic carbocycles. The van der Waals surface area contributed by atoms with Crippen molar-refractivity contribution in [3.8, 4) is 5.75 Å². The van der Waals surface area contributed by atoms with Gasteiger partial charge < -0.3 is 14.5 Å². The van der Waals surface area contributed by atoms with E-state index in [0.29, 0.717) is 5.75 Å². The maximum Gasteiger partial charge on any atom is 0.414 e. The van der Waals surface area contributed by atoms with E-state index in [1.54, 1.807) is 25.1 Å². The van der Waals surface area contributed by atoms with Gasteiger partial charge in [-0.15, -0.1) is 0 Å². The first kappa shape index (κ1) is 10.4. The van der Waals surface area contributed by atoms with E-state index in [0.717, 1.165) is 10.5 Å². The Morgan fingerprint density at radius 3 is 2.78 bits per heavy atom. The molecule has 0 unspecified atom stereocenters. The summed E-state index contributed by atoms with van der Waals surface area (Å²) >= 11 is 0. The van der Waals surface area contributed by atoms with Crippen molar-refractivity contribution in [1.82, 2.24) is 9.80 Å². The lowest BCUT2D eigenvalue weighted by atomic mass is 10.1. The smallest absolute Gasteiger partial charge is 0.410 e. The van der Waals surface area contributed by atoms with E-state index < -0.39 is 13.1 Å². The van der Waals surface area contributed by atoms with Crippen molar-refractivity contribution in [3.63, 3.8) is 0 Å². The van der Waals surface area contributed by atoms with Crippen LogP contribution in [0.25, 0.3) is 0 Å². The molecule has 0 heterocycles. The third-order valence-corrected chi connectivity index (χ3v) is 2.86. The number of carbonyl (C=O) groups excluding carboxylic acids is 1. The van der Waals surface area contributed by atoms with Crippen LogP contribution < -0.4 is 4.74 Å². The molecule has 0 radical (unpaired) electrons. The minimum absolute atomic E-state index is 0.0587. The minimum Gasteiger partial charge on any atom is -0.410 e. The van der Waals surface area contributed by atoms with Gasteiger partial charge in [-0.05, 0) is 45.6 Å². The Kier molecular flexibility index (Phi) is 3.69. The lowest BCUT2D eigenvalue weighted by Crippen LogP contribution is -2.29. The van der Waals surface area contributed by atoms with Gasteiger partial charge in [0.25, 0.3) is 0 Å². The van der Waals surface area contributed by atoms with Gasteiger partial charge in [-0.3, -0.25) is 0 Å². The number of hydrogen-bond donors (Lipinski definition) is 0. The maximum absolute atomic E-state index is 11.9. The highest BCUT2D eigenvalue weighted by Crippen LogP contribution is 2.22. The monoisotopic (exact) mass is 253 g/mol. The van der Waals surface area contributed by atoms with Gasteiger partial charge in [0.1, 0.15) is 5.75 Å². The molecule has 1 amide bonds. The van der Waals surface area contributed by atoms with Gasteiger partial charge in [-0.25, -0.2) is 4.79 Å². The molecule has 0 saturated heterocycles. The highest BCUT2D eigenvalue weighted by atomic mass is 16.6. The molecule has 0 fully saturated rings. The highest BCUT2D eigenvalue weighted by molar-refractivity contribution is 5.70. The van der Waals surface area contributed by atoms with Crippen LogP contribution in [0.2, 0.25) is 0 Å². The van der Waals surface area contributed by atoms with Gasteiger partial charge >= 0.3 is 6.09 Å². The quantitative estimate of drug-likeness (QED) is 0.827. The molecule has 0 N–H and O–H groups in total. The Balaban J connectivity index is 2.88. The predicted octanol–water partition coefficient (Wildman–Crippen LogP) is 2.76. The van der Waals surface area contributed by atoms with Crippen LogP contribution in [0.15, 0.2) is 24.3 Å². The van der Waals surface area contributed by atoms with Crippen molar-refractivity contribution in [3.05, 3.63) is 29.8 Å². The summed E-state index contributed by atoms with van der Waals surface area (Å²) in [5.41, 5.74) is 0.988. The van der Waals surface area contributed by atoms with Crippen molar-refractivity contribution in [2.45, 2.75) is 19.9 Å². The van der Waals surface area contributed by atoms with E-state index in [1.807, 2.05) is 32.0 Å². The van der Waals surface area contributed by atoms with Crippen LogP contribution in [0.3, 0.4) is 0 Å². The summed E-state index contributed by atoms with van der Waals surface area (Å²) in [4.78, 5) is 14.7.